The molecule has 2 aromatic rings. The van der Waals surface area contributed by atoms with Gasteiger partial charge >= 0.3 is 0 Å². The van der Waals surface area contributed by atoms with Gasteiger partial charge < -0.3 is 5.32 Å². The molecule has 1 amide bonds. The number of aryl methyl sites for hydroxylation is 1. The Morgan fingerprint density at radius 2 is 2.39 bits per heavy atom. The van der Waals surface area contributed by atoms with E-state index in [1.165, 1.54) is 11.8 Å². The summed E-state index contributed by atoms with van der Waals surface area (Å²) in [6.07, 6.45) is 7.12. The zero-order valence-electron chi connectivity index (χ0n) is 10.3. The minimum absolute atomic E-state index is 0.0173. The van der Waals surface area contributed by atoms with E-state index in [9.17, 15) is 4.79 Å². The van der Waals surface area contributed by atoms with Gasteiger partial charge in [-0.25, -0.2) is 4.68 Å². The van der Waals surface area contributed by atoms with Crippen molar-refractivity contribution in [1.29, 1.82) is 0 Å². The number of hydrogen-bond acceptors (Lipinski definition) is 4. The molecule has 2 aromatic heterocycles. The smallest absolute Gasteiger partial charge is 0.234 e. The molecule has 94 valence electrons. The average Bonchev–Trinajstić information content (AvgIpc) is 2.72. The van der Waals surface area contributed by atoms with Crippen molar-refractivity contribution in [3.05, 3.63) is 36.4 Å². The molecule has 1 N–H and O–H groups in total. The molecule has 0 aliphatic heterocycles. The van der Waals surface area contributed by atoms with Crippen LogP contribution in [0.3, 0.4) is 0 Å². The fourth-order valence-corrected chi connectivity index (χ4v) is 1.86. The second kappa shape index (κ2) is 5.68. The molecule has 0 aliphatic rings. The quantitative estimate of drug-likeness (QED) is 0.914. The molecule has 6 heteroatoms. The highest BCUT2D eigenvalue weighted by molar-refractivity contribution is 7.99. The topological polar surface area (TPSA) is 59.8 Å². The molecule has 18 heavy (non-hydrogen) atoms. The maximum absolute atomic E-state index is 11.5. The van der Waals surface area contributed by atoms with Gasteiger partial charge in [0.1, 0.15) is 0 Å². The Balaban J connectivity index is 2.20. The largest absolute Gasteiger partial charge is 0.322 e. The number of thioether (sulfide) groups is 1. The lowest BCUT2D eigenvalue weighted by molar-refractivity contribution is -0.113. The third-order valence-corrected chi connectivity index (χ3v) is 2.91. The van der Waals surface area contributed by atoms with Gasteiger partial charge in [0.05, 0.1) is 35.2 Å². The van der Waals surface area contributed by atoms with Crippen LogP contribution in [0.15, 0.2) is 30.7 Å². The summed E-state index contributed by atoms with van der Waals surface area (Å²) in [4.78, 5) is 15.6. The minimum Gasteiger partial charge on any atom is -0.322 e. The first kappa shape index (κ1) is 12.6. The predicted molar refractivity (Wildman–Crippen MR) is 73.1 cm³/mol. The van der Waals surface area contributed by atoms with E-state index in [0.717, 1.165) is 17.1 Å². The van der Waals surface area contributed by atoms with Crippen molar-refractivity contribution >= 4 is 23.4 Å². The lowest BCUT2D eigenvalue weighted by Gasteiger charge is -2.01. The van der Waals surface area contributed by atoms with Crippen molar-refractivity contribution in [2.24, 2.45) is 0 Å². The number of nitrogens with one attached hydrogen (secondary N) is 1. The number of hydrogen-bond donors (Lipinski definition) is 1. The molecular weight excluding hydrogens is 248 g/mol. The van der Waals surface area contributed by atoms with Gasteiger partial charge in [-0.15, -0.1) is 0 Å². The fraction of sp³-hybridized carbons (Fsp3) is 0.250. The van der Waals surface area contributed by atoms with E-state index >= 15 is 0 Å². The van der Waals surface area contributed by atoms with Gasteiger partial charge in [-0.05, 0) is 25.3 Å². The molecule has 2 rings (SSSR count). The summed E-state index contributed by atoms with van der Waals surface area (Å²) < 4.78 is 1.71. The van der Waals surface area contributed by atoms with Crippen LogP contribution in [0.1, 0.15) is 5.69 Å². The SMILES string of the molecule is CSCC(=O)Nc1cn(-c2cccnc2)nc1C. The van der Waals surface area contributed by atoms with Crippen LogP contribution in [-0.2, 0) is 4.79 Å². The molecule has 0 saturated heterocycles. The number of aromatic nitrogens is 3. The zero-order chi connectivity index (χ0) is 13.0. The van der Waals surface area contributed by atoms with Crippen LogP contribution in [0, 0.1) is 6.92 Å². The van der Waals surface area contributed by atoms with Crippen molar-refractivity contribution in [3.63, 3.8) is 0 Å². The van der Waals surface area contributed by atoms with Crippen molar-refractivity contribution in [3.8, 4) is 5.69 Å². The Morgan fingerprint density at radius 3 is 3.06 bits per heavy atom. The van der Waals surface area contributed by atoms with Crippen LogP contribution in [0.5, 0.6) is 0 Å². The summed E-state index contributed by atoms with van der Waals surface area (Å²) >= 11 is 1.49. The maximum atomic E-state index is 11.5. The molecule has 0 aliphatic carbocycles. The summed E-state index contributed by atoms with van der Waals surface area (Å²) in [5.74, 6) is 0.425. The van der Waals surface area contributed by atoms with Crippen molar-refractivity contribution in [2.45, 2.75) is 6.92 Å². The monoisotopic (exact) mass is 262 g/mol. The highest BCUT2D eigenvalue weighted by Crippen LogP contribution is 2.16. The van der Waals surface area contributed by atoms with E-state index in [0.29, 0.717) is 5.75 Å². The summed E-state index contributed by atoms with van der Waals surface area (Å²) in [5.41, 5.74) is 2.39. The molecule has 0 radical (unpaired) electrons. The van der Waals surface area contributed by atoms with Crippen LogP contribution in [-0.4, -0.2) is 32.7 Å². The van der Waals surface area contributed by atoms with Crippen LogP contribution >= 0.6 is 11.8 Å². The lowest BCUT2D eigenvalue weighted by Crippen LogP contribution is -2.13. The number of carbonyl (C=O) groups excluding carboxylic acids is 1. The number of pyridine rings is 1. The molecule has 0 saturated carbocycles. The van der Waals surface area contributed by atoms with E-state index in [-0.39, 0.29) is 5.91 Å². The molecule has 0 bridgehead atoms. The van der Waals surface area contributed by atoms with Crippen molar-refractivity contribution < 1.29 is 4.79 Å². The summed E-state index contributed by atoms with van der Waals surface area (Å²) in [5, 5.41) is 7.19. The van der Waals surface area contributed by atoms with Gasteiger partial charge in [0.15, 0.2) is 0 Å². The average molecular weight is 262 g/mol. The molecule has 0 spiro atoms. The molecule has 5 nitrogen and oxygen atoms in total. The Hall–Kier alpha value is -1.82. The predicted octanol–water partition coefficient (Wildman–Crippen LogP) is 1.88. The number of carbonyl (C=O) groups is 1. The number of anilines is 1. The van der Waals surface area contributed by atoms with Gasteiger partial charge in [-0.1, -0.05) is 0 Å². The Kier molecular flexibility index (Phi) is 3.99. The molecular formula is C12H14N4OS. The van der Waals surface area contributed by atoms with Gasteiger partial charge in [0, 0.05) is 6.20 Å². The second-order valence-electron chi connectivity index (χ2n) is 3.77. The Morgan fingerprint density at radius 1 is 1.56 bits per heavy atom. The van der Waals surface area contributed by atoms with Crippen molar-refractivity contribution in [2.75, 3.05) is 17.3 Å². The third kappa shape index (κ3) is 2.89. The summed E-state index contributed by atoms with van der Waals surface area (Å²) in [6.45, 7) is 1.86. The van der Waals surface area contributed by atoms with Gasteiger partial charge in [-0.2, -0.15) is 16.9 Å². The fourth-order valence-electron chi connectivity index (χ4n) is 1.52. The number of rotatable bonds is 4. The Bertz CT molecular complexity index is 538. The summed E-state index contributed by atoms with van der Waals surface area (Å²) in [7, 11) is 0. The van der Waals surface area contributed by atoms with E-state index in [1.54, 1.807) is 23.3 Å². The molecule has 0 atom stereocenters. The van der Waals surface area contributed by atoms with E-state index < -0.39 is 0 Å². The van der Waals surface area contributed by atoms with Gasteiger partial charge in [0.2, 0.25) is 5.91 Å². The van der Waals surface area contributed by atoms with E-state index in [2.05, 4.69) is 15.4 Å². The van der Waals surface area contributed by atoms with Crippen LogP contribution in [0.4, 0.5) is 5.69 Å². The van der Waals surface area contributed by atoms with Crippen molar-refractivity contribution in [1.82, 2.24) is 14.8 Å². The molecule has 0 unspecified atom stereocenters. The zero-order valence-corrected chi connectivity index (χ0v) is 11.1. The highest BCUT2D eigenvalue weighted by Gasteiger charge is 2.09. The first-order valence-electron chi connectivity index (χ1n) is 5.46. The first-order chi connectivity index (χ1) is 8.70. The van der Waals surface area contributed by atoms with Gasteiger partial charge in [0.25, 0.3) is 0 Å². The van der Waals surface area contributed by atoms with Crippen LogP contribution in [0.25, 0.3) is 5.69 Å². The van der Waals surface area contributed by atoms with E-state index in [1.807, 2.05) is 25.3 Å². The van der Waals surface area contributed by atoms with Crippen LogP contribution < -0.4 is 5.32 Å². The lowest BCUT2D eigenvalue weighted by atomic mass is 10.4. The molecule has 0 aromatic carbocycles. The maximum Gasteiger partial charge on any atom is 0.234 e. The Labute approximate surface area is 110 Å². The molecule has 2 heterocycles. The van der Waals surface area contributed by atoms with Gasteiger partial charge in [-0.3, -0.25) is 9.78 Å². The normalized spacial score (nSPS) is 10.3. The van der Waals surface area contributed by atoms with E-state index in [4.69, 9.17) is 0 Å². The van der Waals surface area contributed by atoms with Crippen LogP contribution in [0.2, 0.25) is 0 Å². The minimum atomic E-state index is -0.0173. The molecule has 0 fully saturated rings. The first-order valence-corrected chi connectivity index (χ1v) is 6.85. The number of amides is 1. The summed E-state index contributed by atoms with van der Waals surface area (Å²) in [6, 6.07) is 3.76. The second-order valence-corrected chi connectivity index (χ2v) is 4.63. The standard InChI is InChI=1S/C12H14N4OS/c1-9-11(14-12(17)8-18-2)7-16(15-9)10-4-3-5-13-6-10/h3-7H,8H2,1-2H3,(H,14,17). The highest BCUT2D eigenvalue weighted by atomic mass is 32.2. The number of nitrogens with zero attached hydrogens (tertiary/aromatic N) is 3. The third-order valence-electron chi connectivity index (χ3n) is 2.36.